The molecule has 0 spiro atoms. The Kier molecular flexibility index (Phi) is 5.97. The number of aromatic nitrogens is 1. The molecule has 0 amide bonds. The molecule has 1 aromatic carbocycles. The van der Waals surface area contributed by atoms with E-state index < -0.39 is 18.0 Å². The molecule has 1 aromatic heterocycles. The summed E-state index contributed by atoms with van der Waals surface area (Å²) in [5, 5.41) is 12.9. The molecule has 168 valence electrons. The fraction of sp³-hybridized carbons (Fsp3) is 0.524. The monoisotopic (exact) mass is 453 g/mol. The molecule has 2 aliphatic heterocycles. The van der Waals surface area contributed by atoms with Crippen LogP contribution in [0.1, 0.15) is 47.1 Å². The quantitative estimate of drug-likeness (QED) is 0.724. The molecule has 1 saturated carbocycles. The molecule has 1 aliphatic carbocycles. The second kappa shape index (κ2) is 8.40. The van der Waals surface area contributed by atoms with E-state index in [9.17, 15) is 23.5 Å². The standard InChI is InChI=1S/C21H23F2N3O4.H2S/c22-21(23)30-19-14(11-7-13-8-24-5-6-25(13)9-11)3-4-15-17(19)26(12-1-2-12)10-16(18(15)27)20(28)29;/h3-4,10-13,21,24H,1-2,5-9H2,(H,28,29);1H2/t11?,13-;/m0./s1. The number of nitrogens with zero attached hydrogens (tertiary/aromatic N) is 2. The lowest BCUT2D eigenvalue weighted by molar-refractivity contribution is -0.0498. The number of piperazine rings is 1. The van der Waals surface area contributed by atoms with Crippen molar-refractivity contribution in [3.63, 3.8) is 0 Å². The smallest absolute Gasteiger partial charge is 0.387 e. The van der Waals surface area contributed by atoms with Crippen LogP contribution in [0.3, 0.4) is 0 Å². The molecule has 1 unspecified atom stereocenters. The largest absolute Gasteiger partial charge is 0.477 e. The summed E-state index contributed by atoms with van der Waals surface area (Å²) >= 11 is 0. The number of pyridine rings is 1. The Morgan fingerprint density at radius 1 is 1.26 bits per heavy atom. The van der Waals surface area contributed by atoms with E-state index in [4.69, 9.17) is 4.74 Å². The number of halogens is 2. The second-order valence-electron chi connectivity index (χ2n) is 8.36. The molecule has 10 heteroatoms. The predicted molar refractivity (Wildman–Crippen MR) is 116 cm³/mol. The van der Waals surface area contributed by atoms with E-state index in [1.807, 2.05) is 0 Å². The van der Waals surface area contributed by atoms with E-state index >= 15 is 0 Å². The molecule has 2 aromatic rings. The Bertz CT molecular complexity index is 1060. The highest BCUT2D eigenvalue weighted by atomic mass is 32.1. The zero-order chi connectivity index (χ0) is 21.0. The molecule has 0 radical (unpaired) electrons. The van der Waals surface area contributed by atoms with E-state index in [0.717, 1.165) is 45.4 Å². The number of rotatable bonds is 5. The number of carboxylic acids is 1. The van der Waals surface area contributed by atoms with Crippen molar-refractivity contribution >= 4 is 30.4 Å². The van der Waals surface area contributed by atoms with Crippen LogP contribution >= 0.6 is 13.5 Å². The lowest BCUT2D eigenvalue weighted by atomic mass is 9.93. The van der Waals surface area contributed by atoms with Crippen LogP contribution in [-0.2, 0) is 0 Å². The zero-order valence-corrected chi connectivity index (χ0v) is 17.8. The Morgan fingerprint density at radius 3 is 2.68 bits per heavy atom. The van der Waals surface area contributed by atoms with Gasteiger partial charge in [0.15, 0.2) is 5.75 Å². The lowest BCUT2D eigenvalue weighted by Crippen LogP contribution is -2.47. The van der Waals surface area contributed by atoms with Crippen LogP contribution in [0.2, 0.25) is 0 Å². The SMILES string of the molecule is O=C(O)c1cn(C2CC2)c2c(OC(F)F)c(C3C[C@H]4CNCCN4C3)ccc2c1=O.S. The molecule has 3 fully saturated rings. The molecule has 7 nitrogen and oxygen atoms in total. The van der Waals surface area contributed by atoms with Crippen molar-refractivity contribution in [2.24, 2.45) is 0 Å². The summed E-state index contributed by atoms with van der Waals surface area (Å²) in [5.41, 5.74) is -0.0790. The van der Waals surface area contributed by atoms with Gasteiger partial charge in [-0.3, -0.25) is 9.69 Å². The van der Waals surface area contributed by atoms with Crippen molar-refractivity contribution < 1.29 is 23.4 Å². The second-order valence-corrected chi connectivity index (χ2v) is 8.36. The Labute approximate surface area is 184 Å². The molecule has 2 N–H and O–H groups in total. The van der Waals surface area contributed by atoms with Gasteiger partial charge in [0.25, 0.3) is 0 Å². The number of fused-ring (bicyclic) bond motifs is 2. The lowest BCUT2D eigenvalue weighted by Gasteiger charge is -2.29. The first-order valence-corrected chi connectivity index (χ1v) is 10.3. The fourth-order valence-electron chi connectivity index (χ4n) is 4.95. The van der Waals surface area contributed by atoms with Gasteiger partial charge >= 0.3 is 12.6 Å². The van der Waals surface area contributed by atoms with Gasteiger partial charge in [0.2, 0.25) is 5.43 Å². The van der Waals surface area contributed by atoms with Gasteiger partial charge < -0.3 is 19.7 Å². The molecule has 2 atom stereocenters. The van der Waals surface area contributed by atoms with Gasteiger partial charge in [0.1, 0.15) is 5.56 Å². The summed E-state index contributed by atoms with van der Waals surface area (Å²) in [4.78, 5) is 26.7. The molecule has 31 heavy (non-hydrogen) atoms. The number of ether oxygens (including phenoxy) is 1. The van der Waals surface area contributed by atoms with Gasteiger partial charge in [0, 0.05) is 55.9 Å². The van der Waals surface area contributed by atoms with Gasteiger partial charge in [-0.2, -0.15) is 22.3 Å². The fourth-order valence-corrected chi connectivity index (χ4v) is 4.95. The molecule has 3 aliphatic rings. The maximum atomic E-state index is 13.4. The summed E-state index contributed by atoms with van der Waals surface area (Å²) in [6, 6.07) is 3.58. The third-order valence-electron chi connectivity index (χ3n) is 6.48. The minimum absolute atomic E-state index is 0. The third kappa shape index (κ3) is 3.92. The van der Waals surface area contributed by atoms with Gasteiger partial charge in [-0.25, -0.2) is 4.79 Å². The number of carboxylic acid groups (broad SMARTS) is 1. The van der Waals surface area contributed by atoms with E-state index in [2.05, 4.69) is 10.2 Å². The van der Waals surface area contributed by atoms with Crippen LogP contribution in [0, 0.1) is 0 Å². The highest BCUT2D eigenvalue weighted by Gasteiger charge is 2.37. The molecule has 2 saturated heterocycles. The average Bonchev–Trinajstić information content (AvgIpc) is 3.46. The molecule has 3 heterocycles. The minimum Gasteiger partial charge on any atom is -0.477 e. The van der Waals surface area contributed by atoms with E-state index in [1.54, 1.807) is 16.7 Å². The summed E-state index contributed by atoms with van der Waals surface area (Å²) in [5.74, 6) is -1.30. The maximum Gasteiger partial charge on any atom is 0.387 e. The first kappa shape index (κ1) is 22.0. The van der Waals surface area contributed by atoms with Gasteiger partial charge in [0.05, 0.1) is 10.9 Å². The van der Waals surface area contributed by atoms with Crippen LogP contribution in [0.4, 0.5) is 8.78 Å². The summed E-state index contributed by atoms with van der Waals surface area (Å²) in [6.07, 6.45) is 3.72. The third-order valence-corrected chi connectivity index (χ3v) is 6.48. The Balaban J connectivity index is 0.00000231. The van der Waals surface area contributed by atoms with Crippen molar-refractivity contribution in [2.45, 2.75) is 43.9 Å². The average molecular weight is 454 g/mol. The van der Waals surface area contributed by atoms with E-state index in [0.29, 0.717) is 11.6 Å². The van der Waals surface area contributed by atoms with Gasteiger partial charge in [-0.1, -0.05) is 6.07 Å². The number of alkyl halides is 2. The van der Waals surface area contributed by atoms with Crippen LogP contribution in [0.25, 0.3) is 10.9 Å². The normalized spacial score (nSPS) is 23.6. The number of hydrogen-bond acceptors (Lipinski definition) is 5. The van der Waals surface area contributed by atoms with Crippen molar-refractivity contribution in [2.75, 3.05) is 26.2 Å². The Hall–Kier alpha value is -2.17. The van der Waals surface area contributed by atoms with Crippen LogP contribution in [0.15, 0.2) is 23.1 Å². The summed E-state index contributed by atoms with van der Waals surface area (Å²) < 4.78 is 33.6. The van der Waals surface area contributed by atoms with Gasteiger partial charge in [-0.15, -0.1) is 0 Å². The van der Waals surface area contributed by atoms with Crippen molar-refractivity contribution in [1.82, 2.24) is 14.8 Å². The first-order valence-electron chi connectivity index (χ1n) is 10.3. The van der Waals surface area contributed by atoms with Gasteiger partial charge in [-0.05, 0) is 25.3 Å². The van der Waals surface area contributed by atoms with E-state index in [1.165, 1.54) is 6.20 Å². The van der Waals surface area contributed by atoms with Crippen LogP contribution in [-0.4, -0.2) is 59.4 Å². The highest BCUT2D eigenvalue weighted by molar-refractivity contribution is 7.59. The van der Waals surface area contributed by atoms with Crippen molar-refractivity contribution in [1.29, 1.82) is 0 Å². The number of benzene rings is 1. The molecular weight excluding hydrogens is 428 g/mol. The minimum atomic E-state index is -3.04. The van der Waals surface area contributed by atoms with Crippen LogP contribution < -0.4 is 15.5 Å². The Morgan fingerprint density at radius 2 is 2.03 bits per heavy atom. The summed E-state index contributed by atoms with van der Waals surface area (Å²) in [7, 11) is 0. The first-order chi connectivity index (χ1) is 14.4. The molecular formula is C21H25F2N3O4S. The van der Waals surface area contributed by atoms with Crippen LogP contribution in [0.5, 0.6) is 5.75 Å². The van der Waals surface area contributed by atoms with E-state index in [-0.39, 0.29) is 47.7 Å². The molecule has 5 rings (SSSR count). The molecule has 0 bridgehead atoms. The maximum absolute atomic E-state index is 13.4. The van der Waals surface area contributed by atoms with Crippen molar-refractivity contribution in [3.8, 4) is 5.75 Å². The van der Waals surface area contributed by atoms with Crippen molar-refractivity contribution in [3.05, 3.63) is 39.7 Å². The number of hydrogen-bond donors (Lipinski definition) is 2. The predicted octanol–water partition coefficient (Wildman–Crippen LogP) is 2.51. The summed E-state index contributed by atoms with van der Waals surface area (Å²) in [6.45, 7) is 0.388. The zero-order valence-electron chi connectivity index (χ0n) is 16.8. The number of nitrogens with one attached hydrogen (secondary N) is 1. The topological polar surface area (TPSA) is 83.8 Å². The number of carbonyl (C=O) groups is 1. The number of aromatic carboxylic acids is 1. The highest BCUT2D eigenvalue weighted by Crippen LogP contribution is 2.44.